The van der Waals surface area contributed by atoms with Crippen LogP contribution in [-0.4, -0.2) is 43.2 Å². The van der Waals surface area contributed by atoms with E-state index in [1.807, 2.05) is 0 Å². The van der Waals surface area contributed by atoms with E-state index in [0.717, 1.165) is 4.31 Å². The van der Waals surface area contributed by atoms with Crippen molar-refractivity contribution in [3.8, 4) is 5.75 Å². The van der Waals surface area contributed by atoms with E-state index in [-0.39, 0.29) is 29.2 Å². The van der Waals surface area contributed by atoms with Crippen molar-refractivity contribution in [1.82, 2.24) is 9.71 Å². The molecular formula is C15H13N3O5S. The van der Waals surface area contributed by atoms with Crippen LogP contribution in [0.25, 0.3) is 0 Å². The van der Waals surface area contributed by atoms with Gasteiger partial charge >= 0.3 is 10.2 Å². The standard InChI is InChI=1S/C15H13N3O5S/c19-9-11-8-18(24(22,23)17-11)13-5-4-10(7-14(13)20)15(21)12-3-1-2-6-16-12/h1-7,9,11,17,20H,8H2. The number of phenols is 1. The zero-order valence-electron chi connectivity index (χ0n) is 12.3. The molecule has 1 fully saturated rings. The molecule has 8 nitrogen and oxygen atoms in total. The molecule has 1 unspecified atom stereocenters. The third kappa shape index (κ3) is 2.86. The number of ketones is 1. The molecule has 3 rings (SSSR count). The predicted octanol–water partition coefficient (Wildman–Crippen LogP) is 0.240. The van der Waals surface area contributed by atoms with Gasteiger partial charge in [0, 0.05) is 11.8 Å². The highest BCUT2D eigenvalue weighted by molar-refractivity contribution is 7.91. The number of hydrogen-bond donors (Lipinski definition) is 2. The first-order chi connectivity index (χ1) is 11.4. The predicted molar refractivity (Wildman–Crippen MR) is 85.0 cm³/mol. The van der Waals surface area contributed by atoms with Crippen molar-refractivity contribution >= 4 is 28.0 Å². The number of hydrogen-bond acceptors (Lipinski definition) is 6. The molecule has 2 aromatic rings. The summed E-state index contributed by atoms with van der Waals surface area (Å²) in [5, 5.41) is 10.1. The van der Waals surface area contributed by atoms with Gasteiger partial charge in [-0.3, -0.25) is 14.1 Å². The van der Waals surface area contributed by atoms with E-state index in [2.05, 4.69) is 9.71 Å². The fourth-order valence-electron chi connectivity index (χ4n) is 2.39. The fraction of sp³-hybridized carbons (Fsp3) is 0.133. The summed E-state index contributed by atoms with van der Waals surface area (Å²) >= 11 is 0. The number of anilines is 1. The molecule has 0 spiro atoms. The lowest BCUT2D eigenvalue weighted by molar-refractivity contribution is -0.108. The Balaban J connectivity index is 1.94. The molecule has 1 aromatic heterocycles. The van der Waals surface area contributed by atoms with Gasteiger partial charge in [0.15, 0.2) is 0 Å². The lowest BCUT2D eigenvalue weighted by atomic mass is 10.1. The molecule has 9 heteroatoms. The van der Waals surface area contributed by atoms with Gasteiger partial charge < -0.3 is 9.90 Å². The number of benzene rings is 1. The van der Waals surface area contributed by atoms with Crippen LogP contribution in [0.15, 0.2) is 42.6 Å². The lowest BCUT2D eigenvalue weighted by Gasteiger charge is -2.17. The van der Waals surface area contributed by atoms with Crippen molar-refractivity contribution in [3.63, 3.8) is 0 Å². The molecule has 2 heterocycles. The number of phenolic OH excluding ortho intramolecular Hbond substituents is 1. The molecular weight excluding hydrogens is 334 g/mol. The van der Waals surface area contributed by atoms with Gasteiger partial charge in [0.1, 0.15) is 17.7 Å². The molecule has 1 aromatic carbocycles. The van der Waals surface area contributed by atoms with Crippen molar-refractivity contribution in [1.29, 1.82) is 0 Å². The summed E-state index contributed by atoms with van der Waals surface area (Å²) in [6.45, 7) is -0.132. The Kier molecular flexibility index (Phi) is 4.04. The Hall–Kier alpha value is -2.78. The minimum Gasteiger partial charge on any atom is -0.506 e. The van der Waals surface area contributed by atoms with Gasteiger partial charge in [-0.15, -0.1) is 0 Å². The van der Waals surface area contributed by atoms with E-state index in [0.29, 0.717) is 6.29 Å². The Morgan fingerprint density at radius 2 is 2.12 bits per heavy atom. The van der Waals surface area contributed by atoms with E-state index in [1.54, 1.807) is 12.1 Å². The highest BCUT2D eigenvalue weighted by Gasteiger charge is 2.36. The summed E-state index contributed by atoms with van der Waals surface area (Å²) in [6, 6.07) is 7.88. The van der Waals surface area contributed by atoms with Crippen molar-refractivity contribution in [3.05, 3.63) is 53.9 Å². The lowest BCUT2D eigenvalue weighted by Crippen LogP contribution is -2.30. The van der Waals surface area contributed by atoms with Crippen LogP contribution in [0.4, 0.5) is 5.69 Å². The molecule has 0 amide bonds. The van der Waals surface area contributed by atoms with Gasteiger partial charge in [0.05, 0.1) is 18.3 Å². The van der Waals surface area contributed by atoms with Crippen LogP contribution < -0.4 is 9.03 Å². The van der Waals surface area contributed by atoms with Gasteiger partial charge in [-0.2, -0.15) is 13.1 Å². The molecule has 124 valence electrons. The van der Waals surface area contributed by atoms with Gasteiger partial charge in [-0.1, -0.05) is 6.07 Å². The van der Waals surface area contributed by atoms with Gasteiger partial charge in [0.25, 0.3) is 0 Å². The number of carbonyl (C=O) groups is 2. The smallest absolute Gasteiger partial charge is 0.302 e. The number of aromatic nitrogens is 1. The van der Waals surface area contributed by atoms with Gasteiger partial charge in [-0.05, 0) is 30.3 Å². The SMILES string of the molecule is O=CC1CN(c2ccc(C(=O)c3ccccn3)cc2O)S(=O)(=O)N1. The normalized spacial score (nSPS) is 19.2. The summed E-state index contributed by atoms with van der Waals surface area (Å²) in [5.41, 5.74) is 0.372. The number of aldehydes is 1. The average Bonchev–Trinajstić information content (AvgIpc) is 2.89. The van der Waals surface area contributed by atoms with Crippen LogP contribution in [0.1, 0.15) is 16.1 Å². The first-order valence-corrected chi connectivity index (χ1v) is 8.40. The van der Waals surface area contributed by atoms with Crippen molar-refractivity contribution < 1.29 is 23.1 Å². The number of nitrogens with zero attached hydrogens (tertiary/aromatic N) is 2. The van der Waals surface area contributed by atoms with Crippen LogP contribution in [-0.2, 0) is 15.0 Å². The van der Waals surface area contributed by atoms with Crippen molar-refractivity contribution in [2.45, 2.75) is 6.04 Å². The Bertz CT molecular complexity index is 899. The number of nitrogens with one attached hydrogen (secondary N) is 1. The quantitative estimate of drug-likeness (QED) is 0.604. The van der Waals surface area contributed by atoms with E-state index >= 15 is 0 Å². The van der Waals surface area contributed by atoms with E-state index in [1.165, 1.54) is 30.5 Å². The number of pyridine rings is 1. The molecule has 0 aliphatic carbocycles. The number of aromatic hydroxyl groups is 1. The summed E-state index contributed by atoms with van der Waals surface area (Å²) in [4.78, 5) is 27.0. The third-order valence-corrected chi connectivity index (χ3v) is 5.05. The van der Waals surface area contributed by atoms with E-state index in [4.69, 9.17) is 0 Å². The fourth-order valence-corrected chi connectivity index (χ4v) is 3.80. The largest absolute Gasteiger partial charge is 0.506 e. The third-order valence-electron chi connectivity index (χ3n) is 3.52. The van der Waals surface area contributed by atoms with Gasteiger partial charge in [-0.25, -0.2) is 0 Å². The maximum atomic E-state index is 12.3. The average molecular weight is 347 g/mol. The summed E-state index contributed by atoms with van der Waals surface area (Å²) < 4.78 is 27.0. The molecule has 1 saturated heterocycles. The van der Waals surface area contributed by atoms with Crippen LogP contribution in [0.5, 0.6) is 5.75 Å². The van der Waals surface area contributed by atoms with Crippen molar-refractivity contribution in [2.24, 2.45) is 0 Å². The second-order valence-corrected chi connectivity index (χ2v) is 6.77. The first-order valence-electron chi connectivity index (χ1n) is 6.96. The molecule has 1 aliphatic heterocycles. The van der Waals surface area contributed by atoms with E-state index in [9.17, 15) is 23.1 Å². The zero-order chi connectivity index (χ0) is 17.3. The minimum absolute atomic E-state index is 0.00980. The topological polar surface area (TPSA) is 117 Å². The number of carbonyl (C=O) groups excluding carboxylic acids is 2. The van der Waals surface area contributed by atoms with E-state index < -0.39 is 22.0 Å². The zero-order valence-corrected chi connectivity index (χ0v) is 13.1. The molecule has 0 bridgehead atoms. The van der Waals surface area contributed by atoms with Crippen molar-refractivity contribution in [2.75, 3.05) is 10.8 Å². The van der Waals surface area contributed by atoms with Gasteiger partial charge in [0.2, 0.25) is 5.78 Å². The molecule has 0 saturated carbocycles. The monoisotopic (exact) mass is 347 g/mol. The maximum absolute atomic E-state index is 12.3. The van der Waals surface area contributed by atoms with Crippen LogP contribution >= 0.6 is 0 Å². The minimum atomic E-state index is -3.91. The molecule has 24 heavy (non-hydrogen) atoms. The number of rotatable bonds is 4. The second kappa shape index (κ2) is 6.02. The molecule has 2 N–H and O–H groups in total. The van der Waals surface area contributed by atoms with Crippen LogP contribution in [0.2, 0.25) is 0 Å². The second-order valence-electron chi connectivity index (χ2n) is 5.14. The molecule has 0 radical (unpaired) electrons. The summed E-state index contributed by atoms with van der Waals surface area (Å²) in [7, 11) is -3.91. The molecule has 1 atom stereocenters. The first kappa shape index (κ1) is 16.1. The summed E-state index contributed by atoms with van der Waals surface area (Å²) in [6.07, 6.45) is 1.96. The Morgan fingerprint density at radius 1 is 1.33 bits per heavy atom. The summed E-state index contributed by atoms with van der Waals surface area (Å²) in [5.74, 6) is -0.778. The van der Waals surface area contributed by atoms with Crippen LogP contribution in [0, 0.1) is 0 Å². The van der Waals surface area contributed by atoms with Crippen LogP contribution in [0.3, 0.4) is 0 Å². The molecule has 1 aliphatic rings. The highest BCUT2D eigenvalue weighted by atomic mass is 32.2. The maximum Gasteiger partial charge on any atom is 0.302 e. The Labute approximate surface area is 137 Å². The highest BCUT2D eigenvalue weighted by Crippen LogP contribution is 2.32. The Morgan fingerprint density at radius 3 is 2.71 bits per heavy atom.